The topological polar surface area (TPSA) is 107 Å². The van der Waals surface area contributed by atoms with Crippen LogP contribution in [-0.4, -0.2) is 14.5 Å². The molecule has 6 nitrogen and oxygen atoms in total. The van der Waals surface area contributed by atoms with Crippen LogP contribution in [-0.2, 0) is 13.5 Å². The highest BCUT2D eigenvalue weighted by Gasteiger charge is 2.12. The maximum atomic E-state index is 9.09. The molecular formula is C23H34N6S. The van der Waals surface area contributed by atoms with Gasteiger partial charge in [0, 0.05) is 30.0 Å². The van der Waals surface area contributed by atoms with Gasteiger partial charge in [-0.1, -0.05) is 65.3 Å². The van der Waals surface area contributed by atoms with Crippen molar-refractivity contribution in [3.63, 3.8) is 0 Å². The summed E-state index contributed by atoms with van der Waals surface area (Å²) in [6.45, 7) is 8.46. The monoisotopic (exact) mass is 426 g/mol. The minimum Gasteiger partial charge on any atom is -0.401 e. The Morgan fingerprint density at radius 1 is 1.20 bits per heavy atom. The van der Waals surface area contributed by atoms with Crippen molar-refractivity contribution in [1.29, 1.82) is 5.26 Å². The first-order chi connectivity index (χ1) is 14.5. The van der Waals surface area contributed by atoms with Crippen molar-refractivity contribution in [2.45, 2.75) is 59.8 Å². The van der Waals surface area contributed by atoms with E-state index in [2.05, 4.69) is 29.9 Å². The lowest BCUT2D eigenvalue weighted by atomic mass is 10.1. The van der Waals surface area contributed by atoms with Gasteiger partial charge in [0.25, 0.3) is 0 Å². The molecule has 3 aromatic rings. The van der Waals surface area contributed by atoms with Crippen LogP contribution in [0.3, 0.4) is 0 Å². The average molecular weight is 427 g/mol. The van der Waals surface area contributed by atoms with Crippen LogP contribution in [0.25, 0.3) is 21.9 Å². The van der Waals surface area contributed by atoms with Crippen LogP contribution in [0.5, 0.6) is 0 Å². The molecule has 0 radical (unpaired) electrons. The zero-order valence-electron chi connectivity index (χ0n) is 18.8. The highest BCUT2D eigenvalue weighted by molar-refractivity contribution is 7.99. The Morgan fingerprint density at radius 3 is 2.43 bits per heavy atom. The van der Waals surface area contributed by atoms with Gasteiger partial charge in [0.15, 0.2) is 0 Å². The van der Waals surface area contributed by atoms with E-state index in [4.69, 9.17) is 16.1 Å². The van der Waals surface area contributed by atoms with Crippen molar-refractivity contribution in [2.24, 2.45) is 17.9 Å². The number of benzene rings is 1. The molecule has 0 aliphatic carbocycles. The van der Waals surface area contributed by atoms with E-state index in [0.29, 0.717) is 17.7 Å². The summed E-state index contributed by atoms with van der Waals surface area (Å²) in [5.74, 6) is 0.828. The lowest BCUT2D eigenvalue weighted by molar-refractivity contribution is 0.702. The van der Waals surface area contributed by atoms with E-state index >= 15 is 0 Å². The Balaban J connectivity index is 0.000000487. The molecule has 0 spiro atoms. The normalized spacial score (nSPS) is 10.8. The third kappa shape index (κ3) is 6.75. The van der Waals surface area contributed by atoms with Crippen molar-refractivity contribution in [3.8, 4) is 6.07 Å². The number of hydrogen-bond acceptors (Lipinski definition) is 6. The number of nitriles is 1. The van der Waals surface area contributed by atoms with Gasteiger partial charge >= 0.3 is 0 Å². The number of unbranched alkanes of at least 4 members (excludes halogenated alkanes) is 3. The number of hydrogen-bond donors (Lipinski definition) is 2. The number of allylic oxidation sites excluding steroid dienone is 1. The number of nitrogens with two attached hydrogens (primary N) is 2. The number of fused-ring (bicyclic) bond motifs is 3. The number of nitrogens with zero attached hydrogens (tertiary/aromatic N) is 4. The molecular weight excluding hydrogens is 392 g/mol. The zero-order chi connectivity index (χ0) is 22.5. The molecule has 0 saturated heterocycles. The Morgan fingerprint density at radius 2 is 1.87 bits per heavy atom. The predicted molar refractivity (Wildman–Crippen MR) is 130 cm³/mol. The van der Waals surface area contributed by atoms with Gasteiger partial charge in [0.2, 0.25) is 0 Å². The van der Waals surface area contributed by atoms with E-state index in [1.165, 1.54) is 25.7 Å². The Hall–Kier alpha value is -2.56. The number of aryl methyl sites for hydroxylation is 1. The summed E-state index contributed by atoms with van der Waals surface area (Å²) in [6.07, 6.45) is 7.79. The van der Waals surface area contributed by atoms with Crippen LogP contribution in [0.15, 0.2) is 35.5 Å². The average Bonchev–Trinajstić information content (AvgIpc) is 3.09. The SMILES string of the molecule is CC.CCCCCC.Cn1c(C/C(N)=C/SN)nc2cnc3ccc(C#N)cc3c21. The van der Waals surface area contributed by atoms with Gasteiger partial charge in [-0.05, 0) is 18.2 Å². The predicted octanol–water partition coefficient (Wildman–Crippen LogP) is 5.56. The highest BCUT2D eigenvalue weighted by Crippen LogP contribution is 2.25. The second-order valence-electron chi connectivity index (χ2n) is 6.64. The molecule has 7 heteroatoms. The van der Waals surface area contributed by atoms with Gasteiger partial charge in [-0.2, -0.15) is 5.26 Å². The van der Waals surface area contributed by atoms with Gasteiger partial charge in [-0.3, -0.25) is 10.1 Å². The van der Waals surface area contributed by atoms with E-state index < -0.39 is 0 Å². The van der Waals surface area contributed by atoms with Crippen LogP contribution in [0, 0.1) is 11.3 Å². The minimum absolute atomic E-state index is 0.509. The third-order valence-corrected chi connectivity index (χ3v) is 4.90. The van der Waals surface area contributed by atoms with Crippen LogP contribution < -0.4 is 10.9 Å². The number of imidazole rings is 1. The molecule has 2 aromatic heterocycles. The van der Waals surface area contributed by atoms with Gasteiger partial charge < -0.3 is 10.3 Å². The summed E-state index contributed by atoms with van der Waals surface area (Å²) in [6, 6.07) is 7.60. The molecule has 0 unspecified atom stereocenters. The fraction of sp³-hybridized carbons (Fsp3) is 0.435. The molecule has 0 bridgehead atoms. The molecule has 0 aliphatic rings. The number of pyridine rings is 1. The summed E-state index contributed by atoms with van der Waals surface area (Å²) in [7, 11) is 1.94. The maximum absolute atomic E-state index is 9.09. The first-order valence-corrected chi connectivity index (χ1v) is 11.4. The second kappa shape index (κ2) is 13.6. The molecule has 0 fully saturated rings. The first-order valence-electron chi connectivity index (χ1n) is 10.5. The van der Waals surface area contributed by atoms with E-state index in [9.17, 15) is 0 Å². The molecule has 4 N–H and O–H groups in total. The standard InChI is InChI=1S/C15H14N6S.C6H14.C2H6/c1-21-14(5-10(17)8-22-18)20-13-7-19-12-3-2-9(6-16)4-11(12)15(13)21;1-3-5-6-4-2;1-2/h2-4,7-8H,5,17-18H2,1H3;3-6H2,1-2H3;1-2H3/b10-8-;;. The Labute approximate surface area is 184 Å². The lowest BCUT2D eigenvalue weighted by Crippen LogP contribution is -2.06. The molecule has 3 rings (SSSR count). The Bertz CT molecular complexity index is 996. The third-order valence-electron chi connectivity index (χ3n) is 4.46. The molecule has 0 amide bonds. The zero-order valence-corrected chi connectivity index (χ0v) is 19.6. The quantitative estimate of drug-likeness (QED) is 0.395. The fourth-order valence-electron chi connectivity index (χ4n) is 2.98. The summed E-state index contributed by atoms with van der Waals surface area (Å²) < 4.78 is 1.99. The fourth-order valence-corrected chi connectivity index (χ4v) is 3.24. The smallest absolute Gasteiger partial charge is 0.115 e. The molecule has 0 saturated carbocycles. The van der Waals surface area contributed by atoms with E-state index in [1.807, 2.05) is 37.6 Å². The minimum atomic E-state index is 0.509. The molecule has 162 valence electrons. The van der Waals surface area contributed by atoms with E-state index in [0.717, 1.165) is 39.7 Å². The maximum Gasteiger partial charge on any atom is 0.115 e. The van der Waals surface area contributed by atoms with Crippen molar-refractivity contribution >= 4 is 33.9 Å². The first kappa shape index (κ1) is 25.5. The second-order valence-corrected chi connectivity index (χ2v) is 7.14. The van der Waals surface area contributed by atoms with Crippen LogP contribution in [0.4, 0.5) is 0 Å². The van der Waals surface area contributed by atoms with Crippen LogP contribution >= 0.6 is 11.9 Å². The van der Waals surface area contributed by atoms with Gasteiger partial charge in [0.1, 0.15) is 11.3 Å². The molecule has 2 heterocycles. The van der Waals surface area contributed by atoms with E-state index in [1.54, 1.807) is 17.7 Å². The summed E-state index contributed by atoms with van der Waals surface area (Å²) in [4.78, 5) is 8.99. The summed E-state index contributed by atoms with van der Waals surface area (Å²) in [5.41, 5.74) is 9.74. The largest absolute Gasteiger partial charge is 0.401 e. The van der Waals surface area contributed by atoms with Crippen LogP contribution in [0.1, 0.15) is 64.8 Å². The molecule has 0 aliphatic heterocycles. The van der Waals surface area contributed by atoms with Gasteiger partial charge in [0.05, 0.1) is 28.9 Å². The summed E-state index contributed by atoms with van der Waals surface area (Å²) in [5, 5.41) is 17.1. The van der Waals surface area contributed by atoms with Gasteiger partial charge in [-0.15, -0.1) is 0 Å². The van der Waals surface area contributed by atoms with Crippen molar-refractivity contribution in [3.05, 3.63) is 46.9 Å². The highest BCUT2D eigenvalue weighted by atomic mass is 32.2. The van der Waals surface area contributed by atoms with E-state index in [-0.39, 0.29) is 0 Å². The molecule has 1 aromatic carbocycles. The number of rotatable bonds is 6. The van der Waals surface area contributed by atoms with Crippen molar-refractivity contribution < 1.29 is 0 Å². The lowest BCUT2D eigenvalue weighted by Gasteiger charge is -2.04. The van der Waals surface area contributed by atoms with Crippen molar-refractivity contribution in [2.75, 3.05) is 0 Å². The summed E-state index contributed by atoms with van der Waals surface area (Å²) >= 11 is 1.08. The van der Waals surface area contributed by atoms with Crippen LogP contribution in [0.2, 0.25) is 0 Å². The Kier molecular flexibility index (Phi) is 11.6. The molecule has 0 atom stereocenters. The molecule has 30 heavy (non-hydrogen) atoms. The van der Waals surface area contributed by atoms with Crippen molar-refractivity contribution in [1.82, 2.24) is 14.5 Å². The van der Waals surface area contributed by atoms with Gasteiger partial charge in [-0.25, -0.2) is 4.98 Å². The number of aromatic nitrogens is 3.